The van der Waals surface area contributed by atoms with Gasteiger partial charge in [-0.25, -0.2) is 0 Å². The van der Waals surface area contributed by atoms with Crippen LogP contribution in [0.3, 0.4) is 0 Å². The molecule has 1 unspecified atom stereocenters. The largest absolute Gasteiger partial charge is 0.482 e. The molecule has 1 atom stereocenters. The van der Waals surface area contributed by atoms with E-state index in [2.05, 4.69) is 53.3 Å². The minimum atomic E-state index is 0.0155. The van der Waals surface area contributed by atoms with E-state index in [1.54, 1.807) is 12.1 Å². The standard InChI is InChI=1S/C28H32ClN3O2/c1-31(20-23-10-7-15-30-19-23)26(18-22-8-3-2-4-9-22)24-13-16-32(17-14-24)28(33)21-34-27-12-6-5-11-25(27)29/h2-12,15,19,24,26H,13-14,16-18,20-21H2,1H3. The maximum absolute atomic E-state index is 12.8. The quantitative estimate of drug-likeness (QED) is 0.430. The average Bonchev–Trinajstić information content (AvgIpc) is 2.88. The number of hydrogen-bond donors (Lipinski definition) is 0. The number of ether oxygens (including phenoxy) is 1. The number of likely N-dealkylation sites (tertiary alicyclic amines) is 1. The zero-order valence-corrected chi connectivity index (χ0v) is 20.4. The number of likely N-dealkylation sites (N-methyl/N-ethyl adjacent to an activating group) is 1. The van der Waals surface area contributed by atoms with Crippen molar-refractivity contribution in [3.63, 3.8) is 0 Å². The number of halogens is 1. The van der Waals surface area contributed by atoms with Gasteiger partial charge in [0.2, 0.25) is 0 Å². The number of amides is 1. The molecule has 6 heteroatoms. The summed E-state index contributed by atoms with van der Waals surface area (Å²) in [6, 6.07) is 22.4. The van der Waals surface area contributed by atoms with Gasteiger partial charge in [0.05, 0.1) is 5.02 Å². The fourth-order valence-electron chi connectivity index (χ4n) is 4.76. The molecule has 1 aliphatic heterocycles. The lowest BCUT2D eigenvalue weighted by molar-refractivity contribution is -0.135. The van der Waals surface area contributed by atoms with Gasteiger partial charge in [-0.05, 0) is 61.6 Å². The molecule has 1 aliphatic rings. The van der Waals surface area contributed by atoms with Crippen LogP contribution < -0.4 is 4.74 Å². The topological polar surface area (TPSA) is 45.7 Å². The summed E-state index contributed by atoms with van der Waals surface area (Å²) < 4.78 is 5.67. The Labute approximate surface area is 207 Å². The normalized spacial score (nSPS) is 15.3. The van der Waals surface area contributed by atoms with Crippen molar-refractivity contribution in [3.8, 4) is 5.75 Å². The van der Waals surface area contributed by atoms with E-state index in [0.717, 1.165) is 38.9 Å². The summed E-state index contributed by atoms with van der Waals surface area (Å²) in [6.45, 7) is 2.38. The SMILES string of the molecule is CN(Cc1cccnc1)C(Cc1ccccc1)C1CCN(C(=O)COc2ccccc2Cl)CC1. The molecule has 2 heterocycles. The first-order valence-corrected chi connectivity index (χ1v) is 12.3. The number of rotatable bonds is 9. The van der Waals surface area contributed by atoms with Crippen LogP contribution in [0.15, 0.2) is 79.1 Å². The summed E-state index contributed by atoms with van der Waals surface area (Å²) in [4.78, 5) is 21.4. The van der Waals surface area contributed by atoms with Crippen molar-refractivity contribution in [3.05, 3.63) is 95.3 Å². The molecule has 34 heavy (non-hydrogen) atoms. The van der Waals surface area contributed by atoms with E-state index in [-0.39, 0.29) is 12.5 Å². The van der Waals surface area contributed by atoms with Gasteiger partial charge in [0.15, 0.2) is 6.61 Å². The van der Waals surface area contributed by atoms with Crippen LogP contribution in [0.25, 0.3) is 0 Å². The fourth-order valence-corrected chi connectivity index (χ4v) is 4.95. The zero-order valence-electron chi connectivity index (χ0n) is 19.6. The van der Waals surface area contributed by atoms with Crippen molar-refractivity contribution in [2.75, 3.05) is 26.7 Å². The van der Waals surface area contributed by atoms with Crippen LogP contribution in [0.1, 0.15) is 24.0 Å². The number of nitrogens with zero attached hydrogens (tertiary/aromatic N) is 3. The minimum Gasteiger partial charge on any atom is -0.482 e. The molecule has 0 radical (unpaired) electrons. The summed E-state index contributed by atoms with van der Waals surface area (Å²) in [7, 11) is 2.20. The molecule has 1 aromatic heterocycles. The van der Waals surface area contributed by atoms with E-state index in [1.807, 2.05) is 35.5 Å². The zero-order chi connectivity index (χ0) is 23.8. The number of carbonyl (C=O) groups excluding carboxylic acids is 1. The highest BCUT2D eigenvalue weighted by atomic mass is 35.5. The predicted octanol–water partition coefficient (Wildman–Crippen LogP) is 5.10. The summed E-state index contributed by atoms with van der Waals surface area (Å²) in [5.74, 6) is 1.07. The highest BCUT2D eigenvalue weighted by Gasteiger charge is 2.31. The van der Waals surface area contributed by atoms with Crippen LogP contribution in [-0.2, 0) is 17.8 Å². The molecule has 0 aliphatic carbocycles. The van der Waals surface area contributed by atoms with Gasteiger partial charge in [-0.2, -0.15) is 0 Å². The minimum absolute atomic E-state index is 0.0155. The summed E-state index contributed by atoms with van der Waals surface area (Å²) in [5.41, 5.74) is 2.56. The van der Waals surface area contributed by atoms with Crippen LogP contribution in [0.4, 0.5) is 0 Å². The Morgan fingerprint density at radius 1 is 1.06 bits per heavy atom. The Morgan fingerprint density at radius 2 is 1.76 bits per heavy atom. The van der Waals surface area contributed by atoms with Gasteiger partial charge in [0.25, 0.3) is 5.91 Å². The second-order valence-corrected chi connectivity index (χ2v) is 9.38. The van der Waals surface area contributed by atoms with Crippen molar-refractivity contribution in [1.29, 1.82) is 0 Å². The first-order chi connectivity index (χ1) is 16.6. The van der Waals surface area contributed by atoms with Gasteiger partial charge in [-0.1, -0.05) is 60.1 Å². The van der Waals surface area contributed by atoms with Crippen LogP contribution in [0.5, 0.6) is 5.75 Å². The van der Waals surface area contributed by atoms with Crippen molar-refractivity contribution >= 4 is 17.5 Å². The first kappa shape index (κ1) is 24.2. The van der Waals surface area contributed by atoms with E-state index in [9.17, 15) is 4.79 Å². The van der Waals surface area contributed by atoms with Gasteiger partial charge in [-0.3, -0.25) is 14.7 Å². The van der Waals surface area contributed by atoms with Gasteiger partial charge in [0, 0.05) is 38.1 Å². The molecule has 0 bridgehead atoms. The summed E-state index contributed by atoms with van der Waals surface area (Å²) in [5, 5.41) is 0.523. The molecular formula is C28H32ClN3O2. The molecule has 0 saturated carbocycles. The molecule has 4 rings (SSSR count). The summed E-state index contributed by atoms with van der Waals surface area (Å²) >= 11 is 6.14. The first-order valence-electron chi connectivity index (χ1n) is 11.9. The van der Waals surface area contributed by atoms with Crippen molar-refractivity contribution in [2.24, 2.45) is 5.92 Å². The van der Waals surface area contributed by atoms with E-state index in [4.69, 9.17) is 16.3 Å². The Morgan fingerprint density at radius 3 is 2.47 bits per heavy atom. The lowest BCUT2D eigenvalue weighted by Gasteiger charge is -2.40. The van der Waals surface area contributed by atoms with E-state index >= 15 is 0 Å². The van der Waals surface area contributed by atoms with E-state index in [1.165, 1.54) is 11.1 Å². The predicted molar refractivity (Wildman–Crippen MR) is 136 cm³/mol. The van der Waals surface area contributed by atoms with Crippen LogP contribution in [0.2, 0.25) is 5.02 Å². The number of benzene rings is 2. The number of pyridine rings is 1. The smallest absolute Gasteiger partial charge is 0.260 e. The van der Waals surface area contributed by atoms with Gasteiger partial charge in [0.1, 0.15) is 5.75 Å². The average molecular weight is 478 g/mol. The number of piperidine rings is 1. The molecular weight excluding hydrogens is 446 g/mol. The van der Waals surface area contributed by atoms with Crippen LogP contribution in [-0.4, -0.2) is 53.5 Å². The molecule has 0 spiro atoms. The molecule has 0 N–H and O–H groups in total. The van der Waals surface area contributed by atoms with E-state index in [0.29, 0.717) is 22.7 Å². The third-order valence-electron chi connectivity index (χ3n) is 6.63. The molecule has 5 nitrogen and oxygen atoms in total. The third kappa shape index (κ3) is 6.58. The lowest BCUT2D eigenvalue weighted by Crippen LogP contribution is -2.47. The molecule has 1 saturated heterocycles. The Kier molecular flexibility index (Phi) is 8.56. The molecule has 3 aromatic rings. The number of aromatic nitrogens is 1. The lowest BCUT2D eigenvalue weighted by atomic mass is 9.85. The second-order valence-electron chi connectivity index (χ2n) is 8.97. The fraction of sp³-hybridized carbons (Fsp3) is 0.357. The Bertz CT molecular complexity index is 1040. The molecule has 178 valence electrons. The number of carbonyl (C=O) groups is 1. The number of hydrogen-bond acceptors (Lipinski definition) is 4. The highest BCUT2D eigenvalue weighted by molar-refractivity contribution is 6.32. The number of para-hydroxylation sites is 1. The van der Waals surface area contributed by atoms with Gasteiger partial charge < -0.3 is 9.64 Å². The molecule has 1 fully saturated rings. The Hall–Kier alpha value is -2.89. The van der Waals surface area contributed by atoms with Gasteiger partial charge in [-0.15, -0.1) is 0 Å². The molecule has 1 amide bonds. The van der Waals surface area contributed by atoms with Crippen LogP contribution >= 0.6 is 11.6 Å². The summed E-state index contributed by atoms with van der Waals surface area (Å²) in [6.07, 6.45) is 6.70. The monoisotopic (exact) mass is 477 g/mol. The van der Waals surface area contributed by atoms with Gasteiger partial charge >= 0.3 is 0 Å². The third-order valence-corrected chi connectivity index (χ3v) is 6.95. The highest BCUT2D eigenvalue weighted by Crippen LogP contribution is 2.28. The van der Waals surface area contributed by atoms with E-state index < -0.39 is 0 Å². The Balaban J connectivity index is 1.36. The van der Waals surface area contributed by atoms with Crippen molar-refractivity contribution in [2.45, 2.75) is 31.8 Å². The van der Waals surface area contributed by atoms with Crippen molar-refractivity contribution in [1.82, 2.24) is 14.8 Å². The van der Waals surface area contributed by atoms with Crippen LogP contribution in [0, 0.1) is 5.92 Å². The second kappa shape index (κ2) is 12.0. The maximum Gasteiger partial charge on any atom is 0.260 e. The maximum atomic E-state index is 12.8. The molecule has 2 aromatic carbocycles. The van der Waals surface area contributed by atoms with Crippen molar-refractivity contribution < 1.29 is 9.53 Å².